The number of ether oxygens (including phenoxy) is 1. The lowest BCUT2D eigenvalue weighted by Gasteiger charge is -2.19. The maximum absolute atomic E-state index is 5.68. The largest absolute Gasteiger partial charge is 0.496 e. The Morgan fingerprint density at radius 1 is 1.41 bits per heavy atom. The van der Waals surface area contributed by atoms with Crippen molar-refractivity contribution in [1.82, 2.24) is 5.32 Å². The van der Waals surface area contributed by atoms with E-state index in [2.05, 4.69) is 29.4 Å². The van der Waals surface area contributed by atoms with Gasteiger partial charge in [0, 0.05) is 36.4 Å². The molecule has 1 atom stereocenters. The fourth-order valence-electron chi connectivity index (χ4n) is 3.10. The molecule has 1 saturated heterocycles. The molecule has 2 aliphatic heterocycles. The molecule has 0 saturated carbocycles. The molecule has 1 fully saturated rings. The summed E-state index contributed by atoms with van der Waals surface area (Å²) in [6, 6.07) is 4.98. The summed E-state index contributed by atoms with van der Waals surface area (Å²) in [6.07, 6.45) is 3.60. The number of hydrogen-bond donors (Lipinski definition) is 1. The van der Waals surface area contributed by atoms with Crippen LogP contribution in [-0.2, 0) is 6.42 Å². The van der Waals surface area contributed by atoms with E-state index in [-0.39, 0.29) is 0 Å². The molecule has 3 rings (SSSR count). The minimum Gasteiger partial charge on any atom is -0.496 e. The zero-order valence-electron chi connectivity index (χ0n) is 10.6. The van der Waals surface area contributed by atoms with Crippen LogP contribution in [0.5, 0.6) is 5.75 Å². The number of methoxy groups -OCH3 is 1. The van der Waals surface area contributed by atoms with E-state index < -0.39 is 0 Å². The van der Waals surface area contributed by atoms with E-state index in [1.807, 2.05) is 0 Å². The lowest BCUT2D eigenvalue weighted by molar-refractivity contribution is 0.399. The van der Waals surface area contributed by atoms with Gasteiger partial charge in [-0.15, -0.1) is 0 Å². The van der Waals surface area contributed by atoms with Crippen LogP contribution in [0.1, 0.15) is 30.0 Å². The maximum Gasteiger partial charge on any atom is 0.128 e. The lowest BCUT2D eigenvalue weighted by atomic mass is 9.99. The van der Waals surface area contributed by atoms with Crippen molar-refractivity contribution in [2.75, 3.05) is 32.1 Å². The summed E-state index contributed by atoms with van der Waals surface area (Å²) in [5.74, 6) is 1.12. The number of nitrogens with zero attached hydrogens (tertiary/aromatic N) is 1. The molecule has 1 N–H and O–H groups in total. The first-order chi connectivity index (χ1) is 8.31. The maximum atomic E-state index is 5.68. The highest BCUT2D eigenvalue weighted by Crippen LogP contribution is 2.40. The van der Waals surface area contributed by atoms with Gasteiger partial charge in [-0.2, -0.15) is 0 Å². The first-order valence-electron chi connectivity index (χ1n) is 6.45. The van der Waals surface area contributed by atoms with Crippen LogP contribution in [0.4, 0.5) is 5.69 Å². The molecule has 3 heteroatoms. The van der Waals surface area contributed by atoms with Gasteiger partial charge < -0.3 is 15.0 Å². The highest BCUT2D eigenvalue weighted by molar-refractivity contribution is 5.65. The van der Waals surface area contributed by atoms with Gasteiger partial charge in [-0.25, -0.2) is 0 Å². The van der Waals surface area contributed by atoms with E-state index in [0.29, 0.717) is 6.04 Å². The molecule has 0 radical (unpaired) electrons. The molecule has 1 aromatic carbocycles. The minimum absolute atomic E-state index is 0.487. The molecule has 17 heavy (non-hydrogen) atoms. The Kier molecular flexibility index (Phi) is 2.71. The first-order valence-corrected chi connectivity index (χ1v) is 6.45. The summed E-state index contributed by atoms with van der Waals surface area (Å²) in [7, 11) is 3.95. The zero-order valence-corrected chi connectivity index (χ0v) is 10.6. The van der Waals surface area contributed by atoms with Gasteiger partial charge in [-0.3, -0.25) is 0 Å². The molecular formula is C14H20N2O. The van der Waals surface area contributed by atoms with Gasteiger partial charge in [0.05, 0.1) is 7.11 Å². The summed E-state index contributed by atoms with van der Waals surface area (Å²) >= 11 is 0. The second-order valence-electron chi connectivity index (χ2n) is 5.01. The predicted octanol–water partition coefficient (Wildman–Crippen LogP) is 2.11. The number of anilines is 1. The third-order valence-electron chi connectivity index (χ3n) is 4.01. The normalized spacial score (nSPS) is 22.9. The van der Waals surface area contributed by atoms with E-state index >= 15 is 0 Å². The van der Waals surface area contributed by atoms with E-state index in [1.54, 1.807) is 7.11 Å². The lowest BCUT2D eigenvalue weighted by Crippen LogP contribution is -2.15. The molecule has 0 spiro atoms. The van der Waals surface area contributed by atoms with Crippen LogP contribution in [0.3, 0.4) is 0 Å². The Labute approximate surface area is 103 Å². The second kappa shape index (κ2) is 4.22. The summed E-state index contributed by atoms with van der Waals surface area (Å²) in [5, 5.41) is 3.56. The van der Waals surface area contributed by atoms with Gasteiger partial charge >= 0.3 is 0 Å². The Bertz CT molecular complexity index is 424. The zero-order chi connectivity index (χ0) is 11.8. The molecule has 2 aliphatic rings. The summed E-state index contributed by atoms with van der Waals surface area (Å²) in [4.78, 5) is 2.31. The van der Waals surface area contributed by atoms with E-state index in [0.717, 1.165) is 25.3 Å². The van der Waals surface area contributed by atoms with Gasteiger partial charge in [0.1, 0.15) is 5.75 Å². The van der Waals surface area contributed by atoms with E-state index in [4.69, 9.17) is 4.74 Å². The molecule has 0 aliphatic carbocycles. The number of hydrogen-bond acceptors (Lipinski definition) is 3. The van der Waals surface area contributed by atoms with Crippen molar-refractivity contribution in [1.29, 1.82) is 0 Å². The number of benzene rings is 1. The summed E-state index contributed by atoms with van der Waals surface area (Å²) in [5.41, 5.74) is 4.07. The SMILES string of the molecule is COc1c(C2CCCN2)ccc2c1CCN2C. The number of rotatable bonds is 2. The van der Waals surface area contributed by atoms with E-state index in [1.165, 1.54) is 29.7 Å². The quantitative estimate of drug-likeness (QED) is 0.845. The molecule has 1 aromatic rings. The van der Waals surface area contributed by atoms with Crippen LogP contribution in [-0.4, -0.2) is 27.2 Å². The van der Waals surface area contributed by atoms with Crippen LogP contribution in [0, 0.1) is 0 Å². The Hall–Kier alpha value is -1.22. The van der Waals surface area contributed by atoms with Crippen LogP contribution < -0.4 is 15.0 Å². The standard InChI is InChI=1S/C14H20N2O/c1-16-9-7-11-13(16)6-5-10(14(11)17-2)12-4-3-8-15-12/h5-6,12,15H,3-4,7-9H2,1-2H3. The average Bonchev–Trinajstić information content (AvgIpc) is 2.98. The number of likely N-dealkylation sites (N-methyl/N-ethyl adjacent to an activating group) is 1. The first kappa shape index (κ1) is 10.9. The van der Waals surface area contributed by atoms with Gasteiger partial charge in [0.15, 0.2) is 0 Å². The molecule has 0 amide bonds. The van der Waals surface area contributed by atoms with Crippen molar-refractivity contribution in [3.05, 3.63) is 23.3 Å². The molecule has 3 nitrogen and oxygen atoms in total. The molecule has 2 heterocycles. The molecule has 1 unspecified atom stereocenters. The van der Waals surface area contributed by atoms with E-state index in [9.17, 15) is 0 Å². The van der Waals surface area contributed by atoms with Crippen LogP contribution in [0.2, 0.25) is 0 Å². The van der Waals surface area contributed by atoms with Crippen LogP contribution >= 0.6 is 0 Å². The average molecular weight is 232 g/mol. The van der Waals surface area contributed by atoms with Crippen LogP contribution in [0.15, 0.2) is 12.1 Å². The van der Waals surface area contributed by atoms with Gasteiger partial charge in [0.25, 0.3) is 0 Å². The molecule has 92 valence electrons. The summed E-state index contributed by atoms with van der Waals surface area (Å²) in [6.45, 7) is 2.23. The fraction of sp³-hybridized carbons (Fsp3) is 0.571. The molecule has 0 aromatic heterocycles. The van der Waals surface area contributed by atoms with Crippen molar-refractivity contribution in [3.63, 3.8) is 0 Å². The predicted molar refractivity (Wildman–Crippen MR) is 69.9 cm³/mol. The Morgan fingerprint density at radius 3 is 3.00 bits per heavy atom. The second-order valence-corrected chi connectivity index (χ2v) is 5.01. The highest BCUT2D eigenvalue weighted by atomic mass is 16.5. The molecular weight excluding hydrogens is 212 g/mol. The van der Waals surface area contributed by atoms with Crippen molar-refractivity contribution in [3.8, 4) is 5.75 Å². The van der Waals surface area contributed by atoms with Crippen molar-refractivity contribution >= 4 is 5.69 Å². The molecule has 0 bridgehead atoms. The summed E-state index contributed by atoms with van der Waals surface area (Å²) < 4.78 is 5.68. The third-order valence-corrected chi connectivity index (χ3v) is 4.01. The topological polar surface area (TPSA) is 24.5 Å². The number of nitrogens with one attached hydrogen (secondary N) is 1. The smallest absolute Gasteiger partial charge is 0.128 e. The van der Waals surface area contributed by atoms with Crippen LogP contribution in [0.25, 0.3) is 0 Å². The monoisotopic (exact) mass is 232 g/mol. The fourth-order valence-corrected chi connectivity index (χ4v) is 3.10. The van der Waals surface area contributed by atoms with Crippen molar-refractivity contribution < 1.29 is 4.74 Å². The third kappa shape index (κ3) is 1.69. The minimum atomic E-state index is 0.487. The van der Waals surface area contributed by atoms with Gasteiger partial charge in [0.2, 0.25) is 0 Å². The Balaban J connectivity index is 2.05. The number of fused-ring (bicyclic) bond motifs is 1. The Morgan fingerprint density at radius 2 is 2.29 bits per heavy atom. The van der Waals surface area contributed by atoms with Crippen molar-refractivity contribution in [2.45, 2.75) is 25.3 Å². The highest BCUT2D eigenvalue weighted by Gasteiger charge is 2.26. The van der Waals surface area contributed by atoms with Crippen molar-refractivity contribution in [2.24, 2.45) is 0 Å². The van der Waals surface area contributed by atoms with Gasteiger partial charge in [-0.05, 0) is 31.9 Å². The van der Waals surface area contributed by atoms with Gasteiger partial charge in [-0.1, -0.05) is 6.07 Å².